The number of hydrogen-bond acceptors (Lipinski definition) is 2. The van der Waals surface area contributed by atoms with E-state index in [9.17, 15) is 14.7 Å². The van der Waals surface area contributed by atoms with Gasteiger partial charge in [0.05, 0.1) is 6.42 Å². The largest absolute Gasteiger partial charge is 0.481 e. The predicted octanol–water partition coefficient (Wildman–Crippen LogP) is 3.11. The second-order valence-electron chi connectivity index (χ2n) is 7.66. The highest BCUT2D eigenvalue weighted by molar-refractivity contribution is 5.78. The number of aliphatic carboxylic acids is 1. The maximum absolute atomic E-state index is 12.4. The number of carboxylic acid groups (broad SMARTS) is 1. The zero-order chi connectivity index (χ0) is 14.9. The normalized spacial score (nSPS) is 33.8. The Labute approximate surface area is 126 Å². The van der Waals surface area contributed by atoms with Crippen LogP contribution in [0.1, 0.15) is 70.6 Å². The first kappa shape index (κ1) is 14.9. The molecule has 0 aromatic carbocycles. The third kappa shape index (κ3) is 3.41. The van der Waals surface area contributed by atoms with Crippen molar-refractivity contribution in [2.24, 2.45) is 17.3 Å². The van der Waals surface area contributed by atoms with Gasteiger partial charge in [-0.2, -0.15) is 0 Å². The molecule has 3 atom stereocenters. The van der Waals surface area contributed by atoms with Crippen LogP contribution in [0.2, 0.25) is 0 Å². The van der Waals surface area contributed by atoms with Crippen molar-refractivity contribution in [3.05, 3.63) is 0 Å². The molecule has 21 heavy (non-hydrogen) atoms. The maximum atomic E-state index is 12.4. The van der Waals surface area contributed by atoms with E-state index in [2.05, 4.69) is 5.32 Å². The maximum Gasteiger partial charge on any atom is 0.303 e. The summed E-state index contributed by atoms with van der Waals surface area (Å²) in [5.41, 5.74) is -0.286. The monoisotopic (exact) mass is 293 g/mol. The van der Waals surface area contributed by atoms with Crippen LogP contribution >= 0.6 is 0 Å². The van der Waals surface area contributed by atoms with E-state index in [1.54, 1.807) is 0 Å². The molecule has 0 aromatic heterocycles. The van der Waals surface area contributed by atoms with Gasteiger partial charge in [0.1, 0.15) is 0 Å². The minimum atomic E-state index is -0.760. The lowest BCUT2D eigenvalue weighted by Crippen LogP contribution is -2.42. The molecular weight excluding hydrogens is 266 g/mol. The molecule has 0 aliphatic heterocycles. The summed E-state index contributed by atoms with van der Waals surface area (Å²) in [5, 5.41) is 12.4. The number of carboxylic acids is 1. The van der Waals surface area contributed by atoms with Crippen molar-refractivity contribution in [1.29, 1.82) is 0 Å². The Kier molecular flexibility index (Phi) is 4.23. The topological polar surface area (TPSA) is 66.4 Å². The van der Waals surface area contributed by atoms with Crippen molar-refractivity contribution in [3.63, 3.8) is 0 Å². The summed E-state index contributed by atoms with van der Waals surface area (Å²) in [4.78, 5) is 23.6. The Morgan fingerprint density at radius 1 is 1.05 bits per heavy atom. The predicted molar refractivity (Wildman–Crippen MR) is 79.8 cm³/mol. The molecule has 3 aliphatic carbocycles. The smallest absolute Gasteiger partial charge is 0.303 e. The van der Waals surface area contributed by atoms with Gasteiger partial charge in [0.15, 0.2) is 0 Å². The van der Waals surface area contributed by atoms with Crippen molar-refractivity contribution >= 4 is 11.9 Å². The number of hydrogen-bond donors (Lipinski definition) is 2. The van der Waals surface area contributed by atoms with Crippen molar-refractivity contribution in [3.8, 4) is 0 Å². The third-order valence-electron chi connectivity index (χ3n) is 6.06. The summed E-state index contributed by atoms with van der Waals surface area (Å²) in [6, 6.07) is 0.363. The molecule has 0 saturated heterocycles. The molecule has 2 bridgehead atoms. The minimum absolute atomic E-state index is 0.0932. The van der Waals surface area contributed by atoms with Crippen molar-refractivity contribution in [2.45, 2.75) is 76.7 Å². The fraction of sp³-hybridized carbons (Fsp3) is 0.882. The molecule has 2 N–H and O–H groups in total. The second-order valence-corrected chi connectivity index (χ2v) is 7.66. The average Bonchev–Trinajstić information content (AvgIpc) is 3.00. The second kappa shape index (κ2) is 5.98. The van der Waals surface area contributed by atoms with Gasteiger partial charge in [-0.3, -0.25) is 9.59 Å². The lowest BCUT2D eigenvalue weighted by atomic mass is 9.69. The number of amides is 1. The molecule has 0 radical (unpaired) electrons. The lowest BCUT2D eigenvalue weighted by Gasteiger charge is -2.36. The van der Waals surface area contributed by atoms with E-state index in [-0.39, 0.29) is 17.7 Å². The molecule has 0 aromatic rings. The van der Waals surface area contributed by atoms with Gasteiger partial charge >= 0.3 is 5.97 Å². The summed E-state index contributed by atoms with van der Waals surface area (Å²) in [6.45, 7) is 0. The molecule has 4 nitrogen and oxygen atoms in total. The molecule has 3 saturated carbocycles. The van der Waals surface area contributed by atoms with Crippen molar-refractivity contribution in [2.75, 3.05) is 0 Å². The molecule has 4 heteroatoms. The molecule has 1 amide bonds. The SMILES string of the molecule is O=C(O)CC1(CC(=O)NC2CC3CCC2C3)CCCCC1. The van der Waals surface area contributed by atoms with Crippen molar-refractivity contribution < 1.29 is 14.7 Å². The highest BCUT2D eigenvalue weighted by Crippen LogP contribution is 2.45. The van der Waals surface area contributed by atoms with Crippen LogP contribution in [0.25, 0.3) is 0 Å². The number of carbonyl (C=O) groups is 2. The number of nitrogens with one attached hydrogen (secondary N) is 1. The average molecular weight is 293 g/mol. The van der Waals surface area contributed by atoms with Gasteiger partial charge in [0.25, 0.3) is 0 Å². The van der Waals surface area contributed by atoms with E-state index in [1.165, 1.54) is 25.7 Å². The Hall–Kier alpha value is -1.06. The highest BCUT2D eigenvalue weighted by atomic mass is 16.4. The quantitative estimate of drug-likeness (QED) is 0.818. The fourth-order valence-electron chi connectivity index (χ4n) is 5.06. The highest BCUT2D eigenvalue weighted by Gasteiger charge is 2.41. The Morgan fingerprint density at radius 2 is 1.81 bits per heavy atom. The van der Waals surface area contributed by atoms with Gasteiger partial charge in [-0.15, -0.1) is 0 Å². The number of rotatable bonds is 5. The van der Waals surface area contributed by atoms with E-state index >= 15 is 0 Å². The van der Waals surface area contributed by atoms with Crippen LogP contribution in [0, 0.1) is 17.3 Å². The molecule has 3 aliphatic rings. The molecule has 0 heterocycles. The van der Waals surface area contributed by atoms with Gasteiger partial charge in [-0.1, -0.05) is 25.7 Å². The summed E-state index contributed by atoms with van der Waals surface area (Å²) in [5.74, 6) is 0.837. The van der Waals surface area contributed by atoms with Crippen LogP contribution in [0.4, 0.5) is 0 Å². The lowest BCUT2D eigenvalue weighted by molar-refractivity contribution is -0.141. The fourth-order valence-corrected chi connectivity index (χ4v) is 5.06. The van der Waals surface area contributed by atoms with E-state index in [1.807, 2.05) is 0 Å². The zero-order valence-corrected chi connectivity index (χ0v) is 12.8. The molecular formula is C17H27NO3. The molecule has 0 spiro atoms. The van der Waals surface area contributed by atoms with Crippen LogP contribution in [0.3, 0.4) is 0 Å². The van der Waals surface area contributed by atoms with E-state index in [0.717, 1.165) is 38.0 Å². The van der Waals surface area contributed by atoms with Gasteiger partial charge in [0.2, 0.25) is 5.91 Å². The summed E-state index contributed by atoms with van der Waals surface area (Å²) < 4.78 is 0. The van der Waals surface area contributed by atoms with Gasteiger partial charge < -0.3 is 10.4 Å². The third-order valence-corrected chi connectivity index (χ3v) is 6.06. The van der Waals surface area contributed by atoms with E-state index in [0.29, 0.717) is 18.4 Å². The molecule has 3 unspecified atom stereocenters. The summed E-state index contributed by atoms with van der Waals surface area (Å²) >= 11 is 0. The zero-order valence-electron chi connectivity index (χ0n) is 12.8. The first-order chi connectivity index (χ1) is 10.1. The van der Waals surface area contributed by atoms with Crippen LogP contribution in [-0.4, -0.2) is 23.0 Å². The Morgan fingerprint density at radius 3 is 2.38 bits per heavy atom. The first-order valence-corrected chi connectivity index (χ1v) is 8.57. The van der Waals surface area contributed by atoms with Crippen LogP contribution in [0.5, 0.6) is 0 Å². The minimum Gasteiger partial charge on any atom is -0.481 e. The van der Waals surface area contributed by atoms with Crippen LogP contribution in [0.15, 0.2) is 0 Å². The van der Waals surface area contributed by atoms with Gasteiger partial charge in [-0.25, -0.2) is 0 Å². The standard InChI is InChI=1S/C17H27NO3/c19-15(18-14-9-12-4-5-13(14)8-12)10-17(11-16(20)21)6-2-1-3-7-17/h12-14H,1-11H2,(H,18,19)(H,20,21). The van der Waals surface area contributed by atoms with E-state index < -0.39 is 5.97 Å². The van der Waals surface area contributed by atoms with Gasteiger partial charge in [-0.05, 0) is 49.4 Å². The molecule has 3 rings (SSSR count). The van der Waals surface area contributed by atoms with Gasteiger partial charge in [0, 0.05) is 12.5 Å². The molecule has 118 valence electrons. The van der Waals surface area contributed by atoms with Crippen molar-refractivity contribution in [1.82, 2.24) is 5.32 Å². The molecule has 3 fully saturated rings. The van der Waals surface area contributed by atoms with Crippen LogP contribution < -0.4 is 5.32 Å². The Balaban J connectivity index is 1.57. The number of fused-ring (bicyclic) bond motifs is 2. The first-order valence-electron chi connectivity index (χ1n) is 8.57. The number of carbonyl (C=O) groups excluding carboxylic acids is 1. The Bertz CT molecular complexity index is 414. The van der Waals surface area contributed by atoms with E-state index in [4.69, 9.17) is 0 Å². The van der Waals surface area contributed by atoms with Crippen LogP contribution in [-0.2, 0) is 9.59 Å². The summed E-state index contributed by atoms with van der Waals surface area (Å²) in [6.07, 6.45) is 10.7. The summed E-state index contributed by atoms with van der Waals surface area (Å²) in [7, 11) is 0.